The van der Waals surface area contributed by atoms with Gasteiger partial charge in [-0.05, 0) is 12.8 Å². The van der Waals surface area contributed by atoms with E-state index in [9.17, 15) is 0 Å². The Morgan fingerprint density at radius 3 is 2.65 bits per heavy atom. The third-order valence-electron chi connectivity index (χ3n) is 3.21. The van der Waals surface area contributed by atoms with Crippen LogP contribution in [0.4, 0.5) is 11.5 Å². The summed E-state index contributed by atoms with van der Waals surface area (Å²) in [4.78, 5) is 8.55. The predicted molar refractivity (Wildman–Crippen MR) is 71.3 cm³/mol. The Morgan fingerprint density at radius 1 is 1.29 bits per heavy atom. The number of aryl methyl sites for hydroxylation is 1. The highest BCUT2D eigenvalue weighted by molar-refractivity contribution is 6.32. The largest absolute Gasteiger partial charge is 0.393 e. The molecule has 0 spiro atoms. The van der Waals surface area contributed by atoms with Crippen molar-refractivity contribution in [1.82, 2.24) is 9.97 Å². The third kappa shape index (κ3) is 3.00. The van der Waals surface area contributed by atoms with Crippen molar-refractivity contribution in [1.29, 1.82) is 0 Å². The van der Waals surface area contributed by atoms with E-state index in [0.29, 0.717) is 22.7 Å². The molecule has 1 aliphatic rings. The number of nitrogen functional groups attached to an aromatic ring is 1. The van der Waals surface area contributed by atoms with E-state index in [-0.39, 0.29) is 0 Å². The highest BCUT2D eigenvalue weighted by Crippen LogP contribution is 2.27. The summed E-state index contributed by atoms with van der Waals surface area (Å²) in [5.74, 6) is 1.44. The molecular weight excluding hydrogens is 236 g/mol. The van der Waals surface area contributed by atoms with Gasteiger partial charge in [0.05, 0.1) is 0 Å². The lowest BCUT2D eigenvalue weighted by molar-refractivity contribution is 0.462. The standard InChI is InChI=1S/C12H19ClN4/c1-2-9-16-11(13)10(14)12(17-9)15-8-6-4-3-5-7-8/h8H,2-7,14H2,1H3,(H,15,16,17). The number of hydrogen-bond donors (Lipinski definition) is 2. The number of nitrogens with one attached hydrogen (secondary N) is 1. The average molecular weight is 255 g/mol. The monoisotopic (exact) mass is 254 g/mol. The van der Waals surface area contributed by atoms with Crippen molar-refractivity contribution in [3.8, 4) is 0 Å². The summed E-state index contributed by atoms with van der Waals surface area (Å²) in [7, 11) is 0. The van der Waals surface area contributed by atoms with Gasteiger partial charge >= 0.3 is 0 Å². The number of aromatic nitrogens is 2. The van der Waals surface area contributed by atoms with Gasteiger partial charge in [0.25, 0.3) is 0 Å². The summed E-state index contributed by atoms with van der Waals surface area (Å²) in [6.45, 7) is 2.01. The van der Waals surface area contributed by atoms with Gasteiger partial charge < -0.3 is 11.1 Å². The molecule has 1 heterocycles. The molecule has 1 aliphatic carbocycles. The third-order valence-corrected chi connectivity index (χ3v) is 3.50. The van der Waals surface area contributed by atoms with Crippen LogP contribution in [0.15, 0.2) is 0 Å². The molecule has 1 fully saturated rings. The van der Waals surface area contributed by atoms with Crippen LogP contribution in [-0.2, 0) is 6.42 Å². The normalized spacial score (nSPS) is 17.1. The zero-order chi connectivity index (χ0) is 12.3. The molecule has 0 atom stereocenters. The number of hydrogen-bond acceptors (Lipinski definition) is 4. The molecule has 0 saturated heterocycles. The van der Waals surface area contributed by atoms with E-state index in [0.717, 1.165) is 12.2 Å². The molecule has 0 aromatic carbocycles. The maximum atomic E-state index is 6.00. The Morgan fingerprint density at radius 2 is 2.00 bits per heavy atom. The molecule has 0 radical (unpaired) electrons. The Labute approximate surface area is 107 Å². The predicted octanol–water partition coefficient (Wildman–Crippen LogP) is 3.02. The van der Waals surface area contributed by atoms with Crippen molar-refractivity contribution in [2.45, 2.75) is 51.5 Å². The molecule has 0 bridgehead atoms. The number of nitrogens with zero attached hydrogens (tertiary/aromatic N) is 2. The Bertz CT molecular complexity index is 388. The first-order valence-electron chi connectivity index (χ1n) is 6.29. The van der Waals surface area contributed by atoms with Gasteiger partial charge in [-0.2, -0.15) is 0 Å². The molecule has 0 amide bonds. The Balaban J connectivity index is 2.15. The van der Waals surface area contributed by atoms with Gasteiger partial charge in [-0.3, -0.25) is 0 Å². The highest BCUT2D eigenvalue weighted by atomic mass is 35.5. The fourth-order valence-corrected chi connectivity index (χ4v) is 2.38. The molecule has 0 unspecified atom stereocenters. The van der Waals surface area contributed by atoms with E-state index in [4.69, 9.17) is 17.3 Å². The molecule has 4 nitrogen and oxygen atoms in total. The van der Waals surface area contributed by atoms with Crippen LogP contribution in [0.25, 0.3) is 0 Å². The van der Waals surface area contributed by atoms with Gasteiger partial charge in [0.2, 0.25) is 0 Å². The lowest BCUT2D eigenvalue weighted by Gasteiger charge is -2.24. The zero-order valence-corrected chi connectivity index (χ0v) is 10.9. The lowest BCUT2D eigenvalue weighted by atomic mass is 9.95. The zero-order valence-electron chi connectivity index (χ0n) is 10.2. The van der Waals surface area contributed by atoms with Crippen LogP contribution in [-0.4, -0.2) is 16.0 Å². The van der Waals surface area contributed by atoms with Gasteiger partial charge in [0, 0.05) is 12.5 Å². The Hall–Kier alpha value is -1.03. The molecule has 1 saturated carbocycles. The SMILES string of the molecule is CCc1nc(Cl)c(N)c(NC2CCCCC2)n1. The summed E-state index contributed by atoms with van der Waals surface area (Å²) in [6.07, 6.45) is 7.01. The average Bonchev–Trinajstić information content (AvgIpc) is 2.36. The second kappa shape index (κ2) is 5.54. The van der Waals surface area contributed by atoms with Gasteiger partial charge in [-0.25, -0.2) is 9.97 Å². The molecule has 5 heteroatoms. The van der Waals surface area contributed by atoms with E-state index in [2.05, 4.69) is 15.3 Å². The summed E-state index contributed by atoms with van der Waals surface area (Å²) in [5, 5.41) is 3.76. The minimum atomic E-state index is 0.357. The van der Waals surface area contributed by atoms with Crippen molar-refractivity contribution >= 4 is 23.1 Å². The number of halogens is 1. The quantitative estimate of drug-likeness (QED) is 0.814. The summed E-state index contributed by atoms with van der Waals surface area (Å²) >= 11 is 6.00. The molecular formula is C12H19ClN4. The summed E-state index contributed by atoms with van der Waals surface area (Å²) in [6, 6.07) is 0.474. The van der Waals surface area contributed by atoms with Crippen LogP contribution >= 0.6 is 11.6 Å². The minimum absolute atomic E-state index is 0.357. The first-order valence-corrected chi connectivity index (χ1v) is 6.67. The lowest BCUT2D eigenvalue weighted by Crippen LogP contribution is -2.24. The number of anilines is 2. The maximum Gasteiger partial charge on any atom is 0.157 e. The van der Waals surface area contributed by atoms with E-state index >= 15 is 0 Å². The fourth-order valence-electron chi connectivity index (χ4n) is 2.19. The van der Waals surface area contributed by atoms with Gasteiger partial charge in [-0.15, -0.1) is 0 Å². The molecule has 2 rings (SSSR count). The van der Waals surface area contributed by atoms with E-state index in [1.165, 1.54) is 32.1 Å². The van der Waals surface area contributed by atoms with E-state index in [1.54, 1.807) is 0 Å². The van der Waals surface area contributed by atoms with Gasteiger partial charge in [0.1, 0.15) is 11.5 Å². The summed E-state index contributed by atoms with van der Waals surface area (Å²) in [5.41, 5.74) is 6.37. The van der Waals surface area contributed by atoms with Crippen LogP contribution < -0.4 is 11.1 Å². The van der Waals surface area contributed by atoms with Crippen molar-refractivity contribution in [2.24, 2.45) is 0 Å². The molecule has 17 heavy (non-hydrogen) atoms. The van der Waals surface area contributed by atoms with Gasteiger partial charge in [0.15, 0.2) is 11.0 Å². The van der Waals surface area contributed by atoms with Crippen LogP contribution in [0.2, 0.25) is 5.15 Å². The topological polar surface area (TPSA) is 63.8 Å². The van der Waals surface area contributed by atoms with Crippen LogP contribution in [0.3, 0.4) is 0 Å². The number of nitrogens with two attached hydrogens (primary N) is 1. The van der Waals surface area contributed by atoms with Crippen LogP contribution in [0, 0.1) is 0 Å². The second-order valence-electron chi connectivity index (χ2n) is 4.53. The first kappa shape index (κ1) is 12.4. The van der Waals surface area contributed by atoms with Gasteiger partial charge in [-0.1, -0.05) is 37.8 Å². The summed E-state index contributed by atoms with van der Waals surface area (Å²) < 4.78 is 0. The molecule has 1 aromatic rings. The molecule has 3 N–H and O–H groups in total. The Kier molecular flexibility index (Phi) is 4.05. The molecule has 94 valence electrons. The van der Waals surface area contributed by atoms with Crippen LogP contribution in [0.5, 0.6) is 0 Å². The van der Waals surface area contributed by atoms with Crippen molar-refractivity contribution in [3.05, 3.63) is 11.0 Å². The minimum Gasteiger partial charge on any atom is -0.393 e. The maximum absolute atomic E-state index is 6.00. The number of rotatable bonds is 3. The fraction of sp³-hybridized carbons (Fsp3) is 0.667. The molecule has 1 aromatic heterocycles. The van der Waals surface area contributed by atoms with Crippen LogP contribution in [0.1, 0.15) is 44.9 Å². The van der Waals surface area contributed by atoms with Crippen molar-refractivity contribution < 1.29 is 0 Å². The molecule has 0 aliphatic heterocycles. The first-order chi connectivity index (χ1) is 8.20. The second-order valence-corrected chi connectivity index (χ2v) is 4.88. The van der Waals surface area contributed by atoms with E-state index in [1.807, 2.05) is 6.92 Å². The highest BCUT2D eigenvalue weighted by Gasteiger charge is 2.16. The smallest absolute Gasteiger partial charge is 0.157 e. The van der Waals surface area contributed by atoms with E-state index < -0.39 is 0 Å². The van der Waals surface area contributed by atoms with Crippen molar-refractivity contribution in [2.75, 3.05) is 11.1 Å². The van der Waals surface area contributed by atoms with Crippen molar-refractivity contribution in [3.63, 3.8) is 0 Å².